The first-order valence-electron chi connectivity index (χ1n) is 21.9. The van der Waals surface area contributed by atoms with Gasteiger partial charge in [0, 0.05) is 84.6 Å². The number of nitriles is 2. The smallest absolute Gasteiger partial charge is 0.545 e. The van der Waals surface area contributed by atoms with Crippen LogP contribution in [0.15, 0.2) is 103 Å². The Morgan fingerprint density at radius 3 is 1.99 bits per heavy atom. The average molecular weight is 1190 g/mol. The Balaban J connectivity index is 0.00000292. The predicted molar refractivity (Wildman–Crippen MR) is 261 cm³/mol. The fraction of sp³-hybridized carbons (Fsp3) is 0.283. The van der Waals surface area contributed by atoms with Gasteiger partial charge in [-0.05, 0) is 77.5 Å². The van der Waals surface area contributed by atoms with Crippen LogP contribution in [0.2, 0.25) is 10.0 Å². The number of ether oxygens (including phenoxy) is 5. The van der Waals surface area contributed by atoms with E-state index in [1.54, 1.807) is 24.4 Å². The number of esters is 1. The van der Waals surface area contributed by atoms with Gasteiger partial charge in [0.15, 0.2) is 0 Å². The van der Waals surface area contributed by atoms with Crippen LogP contribution in [0.25, 0.3) is 11.1 Å². The first-order chi connectivity index (χ1) is 33.0. The maximum atomic E-state index is 12.2. The van der Waals surface area contributed by atoms with Crippen molar-refractivity contribution in [3.05, 3.63) is 164 Å². The van der Waals surface area contributed by atoms with Crippen molar-refractivity contribution < 1.29 is 64.4 Å². The number of benzene rings is 4. The Hall–Kier alpha value is -5.82. The molecule has 3 N–H and O–H groups in total. The second kappa shape index (κ2) is 26.8. The molecule has 2 aliphatic heterocycles. The Labute approximate surface area is 437 Å². The third kappa shape index (κ3) is 14.6. The van der Waals surface area contributed by atoms with E-state index in [1.165, 1.54) is 6.20 Å². The summed E-state index contributed by atoms with van der Waals surface area (Å²) in [6.45, 7) is 16.0. The molecule has 0 saturated carbocycles. The summed E-state index contributed by atoms with van der Waals surface area (Å²) in [6.07, 6.45) is 8.13. The largest absolute Gasteiger partial charge is 2.00 e. The van der Waals surface area contributed by atoms with Gasteiger partial charge >= 0.3 is 37.1 Å². The number of dihydropyridines is 1. The monoisotopic (exact) mass is 1190 g/mol. The van der Waals surface area contributed by atoms with Crippen LogP contribution >= 0.6 is 23.2 Å². The van der Waals surface area contributed by atoms with E-state index >= 15 is 0 Å². The van der Waals surface area contributed by atoms with Crippen molar-refractivity contribution in [1.29, 1.82) is 10.5 Å². The third-order valence-electron chi connectivity index (χ3n) is 11.5. The van der Waals surface area contributed by atoms with E-state index in [4.69, 9.17) is 51.7 Å². The minimum absolute atomic E-state index is 0. The summed E-state index contributed by atoms with van der Waals surface area (Å²) in [5.74, 6) is 1.77. The maximum absolute atomic E-state index is 12.2. The van der Waals surface area contributed by atoms with E-state index in [0.717, 1.165) is 62.1 Å². The van der Waals surface area contributed by atoms with Crippen molar-refractivity contribution in [1.82, 2.24) is 20.9 Å². The molecule has 0 bridgehead atoms. The minimum atomic E-state index is -0.416. The molecule has 5 aromatic rings. The molecule has 0 amide bonds. The van der Waals surface area contributed by atoms with Gasteiger partial charge in [-0.15, -0.1) is 0 Å². The van der Waals surface area contributed by atoms with Gasteiger partial charge in [0.2, 0.25) is 0 Å². The van der Waals surface area contributed by atoms with Crippen LogP contribution in [0.1, 0.15) is 64.3 Å². The van der Waals surface area contributed by atoms with Crippen molar-refractivity contribution in [2.75, 3.05) is 19.8 Å². The molecule has 2 atom stereocenters. The van der Waals surface area contributed by atoms with Crippen LogP contribution in [0.4, 0.5) is 0 Å². The Morgan fingerprint density at radius 1 is 0.826 bits per heavy atom. The molecular weight excluding hydrogens is 1140 g/mol. The molecule has 0 aliphatic carbocycles. The van der Waals surface area contributed by atoms with Crippen molar-refractivity contribution in [3.8, 4) is 46.3 Å². The first kappa shape index (κ1) is 54.1. The average Bonchev–Trinajstić information content (AvgIpc) is 3.78. The summed E-state index contributed by atoms with van der Waals surface area (Å²) in [7, 11) is 0. The van der Waals surface area contributed by atoms with Gasteiger partial charge in [-0.1, -0.05) is 66.5 Å². The minimum Gasteiger partial charge on any atom is -0.545 e. The van der Waals surface area contributed by atoms with Crippen molar-refractivity contribution in [2.24, 2.45) is 0 Å². The van der Waals surface area contributed by atoms with Gasteiger partial charge in [-0.3, -0.25) is 16.6 Å². The summed E-state index contributed by atoms with van der Waals surface area (Å²) in [5.41, 5.74) is 10.4. The topological polar surface area (TPSA) is 177 Å². The number of aromatic nitrogens is 1. The van der Waals surface area contributed by atoms with Crippen LogP contribution in [0.3, 0.4) is 0 Å². The summed E-state index contributed by atoms with van der Waals surface area (Å²) in [4.78, 5) is 24.1. The molecule has 3 heterocycles. The van der Waals surface area contributed by atoms with Crippen molar-refractivity contribution in [2.45, 2.75) is 78.6 Å². The molecule has 0 spiro atoms. The molecule has 2 unspecified atom stereocenters. The number of pyridine rings is 1. The van der Waals surface area contributed by atoms with Crippen LogP contribution in [0.5, 0.6) is 23.0 Å². The summed E-state index contributed by atoms with van der Waals surface area (Å²) < 4.78 is 30.6. The van der Waals surface area contributed by atoms with E-state index in [9.17, 15) is 15.3 Å². The number of nitrogens with zero attached hydrogens (tertiary/aromatic N) is 3. The van der Waals surface area contributed by atoms with E-state index < -0.39 is 6.04 Å². The molecule has 1 fully saturated rings. The van der Waals surface area contributed by atoms with Crippen molar-refractivity contribution >= 4 is 36.0 Å². The second-order valence-electron chi connectivity index (χ2n) is 16.2. The Kier molecular flexibility index (Phi) is 21.0. The van der Waals surface area contributed by atoms with Gasteiger partial charge in [0.1, 0.15) is 61.5 Å². The van der Waals surface area contributed by atoms with Gasteiger partial charge in [-0.25, -0.2) is 0 Å². The number of carbonyl (C=O) groups is 1. The Morgan fingerprint density at radius 2 is 1.42 bits per heavy atom. The van der Waals surface area contributed by atoms with E-state index in [2.05, 4.69) is 79.7 Å². The predicted octanol–water partition coefficient (Wildman–Crippen LogP) is 9.43. The summed E-state index contributed by atoms with van der Waals surface area (Å²) in [5, 5.41) is 29.5. The molecule has 0 radical (unpaired) electrons. The zero-order valence-electron chi connectivity index (χ0n) is 38.6. The fourth-order valence-electron chi connectivity index (χ4n) is 7.51. The molecule has 16 heteroatoms. The number of rotatable bonds is 20. The fourth-order valence-corrected chi connectivity index (χ4v) is 7.99. The number of cyclic esters (lactones) is 1. The normalized spacial score (nSPS) is 14.2. The SMILES string of the molecule is [CH-]=O.[CH2-]CC(C)NCc1cc(Cl)c(OCc2cccc(-c3cccc(COc4cc(OCC5=CNCC(C#N)=C5)c(CNC5CCOC5=O)cc4Cl)c3C)c2C)cc1OCc1cncc(C#N)c1.[U+2]. The van der Waals surface area contributed by atoms with Crippen LogP contribution in [-0.2, 0) is 47.2 Å². The first-order valence-corrected chi connectivity index (χ1v) is 22.7. The summed E-state index contributed by atoms with van der Waals surface area (Å²) >= 11 is 13.7. The Bertz CT molecular complexity index is 2750. The molecule has 354 valence electrons. The number of nitrogens with one attached hydrogen (secondary N) is 3. The molecule has 1 aromatic heterocycles. The van der Waals surface area contributed by atoms with E-state index in [0.29, 0.717) is 76.8 Å². The molecule has 13 nitrogen and oxygen atoms in total. The van der Waals surface area contributed by atoms with Crippen LogP contribution < -0.4 is 34.9 Å². The van der Waals surface area contributed by atoms with Gasteiger partial charge in [-0.2, -0.15) is 16.9 Å². The quantitative estimate of drug-likeness (QED) is 0.0382. The second-order valence-corrected chi connectivity index (χ2v) is 17.0. The number of hydrogen-bond acceptors (Lipinski definition) is 13. The maximum Gasteiger partial charge on any atom is 2.00 e. The number of hydrogen-bond donors (Lipinski definition) is 3. The zero-order chi connectivity index (χ0) is 48.6. The van der Waals surface area contributed by atoms with Crippen LogP contribution in [-0.4, -0.2) is 49.6 Å². The molecule has 2 aliphatic rings. The van der Waals surface area contributed by atoms with Crippen LogP contribution in [0, 0.1) is 74.5 Å². The van der Waals surface area contributed by atoms with Gasteiger partial charge < -0.3 is 51.4 Å². The molecule has 7 rings (SSSR count). The van der Waals surface area contributed by atoms with E-state index in [1.807, 2.05) is 48.7 Å². The number of carbonyl (C=O) groups excluding carboxylic acids is 2. The van der Waals surface area contributed by atoms with Gasteiger partial charge in [0.05, 0.1) is 28.3 Å². The third-order valence-corrected chi connectivity index (χ3v) is 12.1. The number of halogens is 2. The molecule has 1 saturated heterocycles. The van der Waals surface area contributed by atoms with Crippen molar-refractivity contribution in [3.63, 3.8) is 0 Å². The van der Waals surface area contributed by atoms with Gasteiger partial charge in [0.25, 0.3) is 0 Å². The molecule has 4 aromatic carbocycles. The summed E-state index contributed by atoms with van der Waals surface area (Å²) in [6, 6.07) is 25.4. The van der Waals surface area contributed by atoms with E-state index in [-0.39, 0.29) is 69.6 Å². The standard InChI is InChI=1S/C52H51Cl2N6O6.CHO.U/c1-5-32(2)59-26-41-16-45(53)50(18-48(41)63-28-37-14-35(20-55)22-57-24-37)65-30-39-8-6-10-43(33(39)3)44-11-7-9-40(34(44)4)31-66-51-19-49(64-29-38-15-36(21-56)23-58-25-38)42(17-46(51)54)27-60-47-12-13-62-52(47)61;1-2;/h6-11,14-19,22,24-25,32,47,58-60H,1,5,12-13,23,26-31H2,2-4H3;1H;/q2*-1;+2. The zero-order valence-corrected chi connectivity index (χ0v) is 44.3. The molecule has 69 heavy (non-hydrogen) atoms. The molecular formula is C53H52Cl2N6O7U.